The molecule has 0 aromatic heterocycles. The van der Waals surface area contributed by atoms with E-state index >= 15 is 0 Å². The first-order valence-electron chi connectivity index (χ1n) is 6.78. The van der Waals surface area contributed by atoms with Gasteiger partial charge in [-0.25, -0.2) is 0 Å². The highest BCUT2D eigenvalue weighted by molar-refractivity contribution is 7.80. The van der Waals surface area contributed by atoms with Gasteiger partial charge < -0.3 is 20.1 Å². The van der Waals surface area contributed by atoms with Gasteiger partial charge in [0, 0.05) is 24.9 Å². The summed E-state index contributed by atoms with van der Waals surface area (Å²) < 4.78 is 11.0. The Bertz CT molecular complexity index is 459. The van der Waals surface area contributed by atoms with Crippen LogP contribution in [0.25, 0.3) is 0 Å². The zero-order valence-corrected chi connectivity index (χ0v) is 12.2. The molecule has 0 bridgehead atoms. The van der Waals surface area contributed by atoms with Gasteiger partial charge in [0.25, 0.3) is 0 Å². The fourth-order valence-electron chi connectivity index (χ4n) is 2.01. The number of rotatable bonds is 6. The molecule has 0 unspecified atom stereocenters. The summed E-state index contributed by atoms with van der Waals surface area (Å²) in [6.45, 7) is 5.72. The summed E-state index contributed by atoms with van der Waals surface area (Å²) in [6.07, 6.45) is 4.22. The van der Waals surface area contributed by atoms with Crippen LogP contribution in [0.2, 0.25) is 0 Å². The van der Waals surface area contributed by atoms with Crippen LogP contribution in [0.3, 0.4) is 0 Å². The molecule has 4 nitrogen and oxygen atoms in total. The lowest BCUT2D eigenvalue weighted by Gasteiger charge is -2.14. The monoisotopic (exact) mass is 292 g/mol. The minimum Gasteiger partial charge on any atom is -0.489 e. The van der Waals surface area contributed by atoms with Crippen molar-refractivity contribution < 1.29 is 9.47 Å². The fourth-order valence-corrected chi connectivity index (χ4v) is 2.21. The molecule has 1 atom stereocenters. The Kier molecular flexibility index (Phi) is 5.83. The summed E-state index contributed by atoms with van der Waals surface area (Å²) in [5.41, 5.74) is 0.899. The van der Waals surface area contributed by atoms with E-state index in [2.05, 4.69) is 17.2 Å². The highest BCUT2D eigenvalue weighted by atomic mass is 32.1. The Morgan fingerprint density at radius 2 is 2.45 bits per heavy atom. The Balaban J connectivity index is 1.79. The van der Waals surface area contributed by atoms with Crippen LogP contribution in [0.4, 0.5) is 5.69 Å². The maximum Gasteiger partial charge on any atom is 0.170 e. The topological polar surface area (TPSA) is 42.5 Å². The molecular weight excluding hydrogens is 272 g/mol. The van der Waals surface area contributed by atoms with Gasteiger partial charge in [-0.3, -0.25) is 0 Å². The minimum absolute atomic E-state index is 0.275. The highest BCUT2D eigenvalue weighted by Gasteiger charge is 2.15. The van der Waals surface area contributed by atoms with Crippen molar-refractivity contribution in [2.45, 2.75) is 18.9 Å². The second-order valence-corrected chi connectivity index (χ2v) is 5.01. The molecule has 0 aliphatic carbocycles. The number of ether oxygens (including phenoxy) is 2. The molecule has 1 fully saturated rings. The largest absolute Gasteiger partial charge is 0.489 e. The van der Waals surface area contributed by atoms with Crippen molar-refractivity contribution in [3.05, 3.63) is 36.9 Å². The summed E-state index contributed by atoms with van der Waals surface area (Å²) in [5.74, 6) is 0.789. The second kappa shape index (κ2) is 7.87. The van der Waals surface area contributed by atoms with Crippen LogP contribution < -0.4 is 15.4 Å². The Morgan fingerprint density at radius 1 is 1.55 bits per heavy atom. The molecule has 1 aromatic rings. The summed E-state index contributed by atoms with van der Waals surface area (Å²) in [7, 11) is 0. The van der Waals surface area contributed by atoms with Crippen molar-refractivity contribution >= 4 is 23.0 Å². The van der Waals surface area contributed by atoms with Gasteiger partial charge >= 0.3 is 0 Å². The van der Waals surface area contributed by atoms with E-state index in [0.717, 1.165) is 37.4 Å². The van der Waals surface area contributed by atoms with E-state index in [9.17, 15) is 0 Å². The minimum atomic E-state index is 0.275. The van der Waals surface area contributed by atoms with Gasteiger partial charge in [-0.15, -0.1) is 0 Å². The first kappa shape index (κ1) is 14.8. The molecule has 20 heavy (non-hydrogen) atoms. The van der Waals surface area contributed by atoms with E-state index < -0.39 is 0 Å². The average molecular weight is 292 g/mol. The first-order valence-corrected chi connectivity index (χ1v) is 7.19. The summed E-state index contributed by atoms with van der Waals surface area (Å²) in [4.78, 5) is 0. The third-order valence-electron chi connectivity index (χ3n) is 2.97. The molecule has 108 valence electrons. The molecule has 2 N–H and O–H groups in total. The lowest BCUT2D eigenvalue weighted by molar-refractivity contribution is 0.114. The van der Waals surface area contributed by atoms with Crippen molar-refractivity contribution in [3.63, 3.8) is 0 Å². The van der Waals surface area contributed by atoms with Crippen LogP contribution in [-0.2, 0) is 4.74 Å². The predicted octanol–water partition coefficient (Wildman–Crippen LogP) is 2.72. The van der Waals surface area contributed by atoms with E-state index in [0.29, 0.717) is 11.7 Å². The Labute approximate surface area is 125 Å². The van der Waals surface area contributed by atoms with Crippen LogP contribution >= 0.6 is 12.2 Å². The van der Waals surface area contributed by atoms with Crippen molar-refractivity contribution in [2.75, 3.05) is 25.1 Å². The van der Waals surface area contributed by atoms with E-state index in [4.69, 9.17) is 21.7 Å². The van der Waals surface area contributed by atoms with Crippen molar-refractivity contribution in [3.8, 4) is 5.75 Å². The molecule has 0 amide bonds. The van der Waals surface area contributed by atoms with Gasteiger partial charge in [0.2, 0.25) is 0 Å². The molecular formula is C15H20N2O2S. The molecule has 5 heteroatoms. The zero-order valence-electron chi connectivity index (χ0n) is 11.4. The third kappa shape index (κ3) is 4.83. The van der Waals surface area contributed by atoms with Crippen LogP contribution in [0.5, 0.6) is 5.75 Å². The lowest BCUT2D eigenvalue weighted by atomic mass is 10.2. The van der Waals surface area contributed by atoms with Crippen LogP contribution in [0.1, 0.15) is 12.8 Å². The molecule has 1 saturated heterocycles. The number of benzene rings is 1. The predicted molar refractivity (Wildman–Crippen MR) is 85.3 cm³/mol. The maximum atomic E-state index is 5.54. The molecule has 1 aromatic carbocycles. The van der Waals surface area contributed by atoms with E-state index in [1.165, 1.54) is 0 Å². The molecule has 2 rings (SSSR count). The second-order valence-electron chi connectivity index (χ2n) is 4.60. The third-order valence-corrected chi connectivity index (χ3v) is 3.22. The standard InChI is InChI=1S/C15H20N2O2S/c1-2-8-18-13-6-3-5-12(10-13)17-15(20)16-11-14-7-4-9-19-14/h2-3,5-6,10,14H,1,4,7-9,11H2,(H2,16,17,20)/t14-/m0/s1. The highest BCUT2D eigenvalue weighted by Crippen LogP contribution is 2.17. The van der Waals surface area contributed by atoms with Gasteiger partial charge in [-0.05, 0) is 37.2 Å². The van der Waals surface area contributed by atoms with Gasteiger partial charge in [-0.2, -0.15) is 0 Å². The number of hydrogen-bond acceptors (Lipinski definition) is 3. The quantitative estimate of drug-likeness (QED) is 0.623. The van der Waals surface area contributed by atoms with Gasteiger partial charge in [0.1, 0.15) is 12.4 Å². The van der Waals surface area contributed by atoms with Gasteiger partial charge in [0.15, 0.2) is 5.11 Å². The van der Waals surface area contributed by atoms with Crippen LogP contribution in [-0.4, -0.2) is 31.0 Å². The van der Waals surface area contributed by atoms with Crippen molar-refractivity contribution in [2.24, 2.45) is 0 Å². The van der Waals surface area contributed by atoms with Crippen molar-refractivity contribution in [1.29, 1.82) is 0 Å². The molecule has 0 spiro atoms. The normalized spacial score (nSPS) is 17.5. The summed E-state index contributed by atoms with van der Waals surface area (Å²) in [6, 6.07) is 7.67. The lowest BCUT2D eigenvalue weighted by Crippen LogP contribution is -2.34. The molecule has 1 aliphatic heterocycles. The maximum absolute atomic E-state index is 5.54. The van der Waals surface area contributed by atoms with Crippen LogP contribution in [0.15, 0.2) is 36.9 Å². The number of thiocarbonyl (C=S) groups is 1. The molecule has 1 aliphatic rings. The average Bonchev–Trinajstić information content (AvgIpc) is 2.97. The molecule has 0 saturated carbocycles. The number of anilines is 1. The summed E-state index contributed by atoms with van der Waals surface area (Å²) >= 11 is 5.27. The van der Waals surface area contributed by atoms with Crippen LogP contribution in [0, 0.1) is 0 Å². The smallest absolute Gasteiger partial charge is 0.170 e. The van der Waals surface area contributed by atoms with Gasteiger partial charge in [-0.1, -0.05) is 18.7 Å². The zero-order chi connectivity index (χ0) is 14.2. The first-order chi connectivity index (χ1) is 9.78. The van der Waals surface area contributed by atoms with Gasteiger partial charge in [0.05, 0.1) is 6.10 Å². The Hall–Kier alpha value is -1.59. The molecule has 0 radical (unpaired) electrons. The Morgan fingerprint density at radius 3 is 3.20 bits per heavy atom. The van der Waals surface area contributed by atoms with E-state index in [1.807, 2.05) is 24.3 Å². The fraction of sp³-hybridized carbons (Fsp3) is 0.400. The van der Waals surface area contributed by atoms with Crippen molar-refractivity contribution in [1.82, 2.24) is 5.32 Å². The van der Waals surface area contributed by atoms with E-state index in [1.54, 1.807) is 6.08 Å². The number of nitrogens with one attached hydrogen (secondary N) is 2. The number of hydrogen-bond donors (Lipinski definition) is 2. The molecule has 1 heterocycles. The van der Waals surface area contributed by atoms with E-state index in [-0.39, 0.29) is 6.10 Å². The summed E-state index contributed by atoms with van der Waals surface area (Å²) in [5, 5.41) is 6.91. The SMILES string of the molecule is C=CCOc1cccc(NC(=S)NC[C@@H]2CCCO2)c1.